The lowest BCUT2D eigenvalue weighted by Crippen LogP contribution is -2.02. The second-order valence-corrected chi connectivity index (χ2v) is 3.30. The van der Waals surface area contributed by atoms with Crippen molar-refractivity contribution in [3.63, 3.8) is 0 Å². The van der Waals surface area contributed by atoms with Crippen molar-refractivity contribution in [1.82, 2.24) is 4.98 Å². The summed E-state index contributed by atoms with van der Waals surface area (Å²) in [5.41, 5.74) is 0.0836. The molecule has 0 bridgehead atoms. The molecule has 0 radical (unpaired) electrons. The molecule has 70 valence electrons. The van der Waals surface area contributed by atoms with Gasteiger partial charge in [0, 0.05) is 6.42 Å². The van der Waals surface area contributed by atoms with E-state index in [1.807, 2.05) is 6.26 Å². The van der Waals surface area contributed by atoms with Crippen molar-refractivity contribution in [3.05, 3.63) is 23.6 Å². The lowest BCUT2D eigenvalue weighted by atomic mass is 10.1. The SMILES string of the molecule is CCC(=O)c1ccc(SC)nc1F. The van der Waals surface area contributed by atoms with Crippen LogP contribution in [0.25, 0.3) is 0 Å². The third kappa shape index (κ3) is 2.28. The summed E-state index contributed by atoms with van der Waals surface area (Å²) >= 11 is 1.35. The smallest absolute Gasteiger partial charge is 0.224 e. The molecule has 13 heavy (non-hydrogen) atoms. The lowest BCUT2D eigenvalue weighted by molar-refractivity contribution is 0.0983. The molecule has 0 spiro atoms. The van der Waals surface area contributed by atoms with Gasteiger partial charge in [0.05, 0.1) is 10.6 Å². The fourth-order valence-corrected chi connectivity index (χ4v) is 1.31. The summed E-state index contributed by atoms with van der Waals surface area (Å²) in [4.78, 5) is 14.8. The van der Waals surface area contributed by atoms with E-state index in [1.54, 1.807) is 13.0 Å². The van der Waals surface area contributed by atoms with Crippen LogP contribution >= 0.6 is 11.8 Å². The molecule has 1 aromatic heterocycles. The normalized spacial score (nSPS) is 10.1. The minimum Gasteiger partial charge on any atom is -0.294 e. The monoisotopic (exact) mass is 199 g/mol. The molecule has 0 atom stereocenters. The Morgan fingerprint density at radius 1 is 1.62 bits per heavy atom. The average Bonchev–Trinajstić information content (AvgIpc) is 2.16. The Balaban J connectivity index is 3.05. The van der Waals surface area contributed by atoms with Crippen molar-refractivity contribution in [1.29, 1.82) is 0 Å². The fraction of sp³-hybridized carbons (Fsp3) is 0.333. The number of hydrogen-bond acceptors (Lipinski definition) is 3. The van der Waals surface area contributed by atoms with Gasteiger partial charge < -0.3 is 0 Å². The van der Waals surface area contributed by atoms with Crippen LogP contribution < -0.4 is 0 Å². The zero-order valence-corrected chi connectivity index (χ0v) is 8.32. The van der Waals surface area contributed by atoms with Crippen molar-refractivity contribution >= 4 is 17.5 Å². The largest absolute Gasteiger partial charge is 0.294 e. The number of thioether (sulfide) groups is 1. The molecule has 0 N–H and O–H groups in total. The maximum atomic E-state index is 13.1. The third-order valence-corrected chi connectivity index (χ3v) is 2.30. The van der Waals surface area contributed by atoms with Crippen molar-refractivity contribution in [2.45, 2.75) is 18.4 Å². The summed E-state index contributed by atoms with van der Waals surface area (Å²) in [7, 11) is 0. The highest BCUT2D eigenvalue weighted by Crippen LogP contribution is 2.15. The number of nitrogens with zero attached hydrogens (tertiary/aromatic N) is 1. The minimum absolute atomic E-state index is 0.0836. The summed E-state index contributed by atoms with van der Waals surface area (Å²) in [6.07, 6.45) is 2.11. The lowest BCUT2D eigenvalue weighted by Gasteiger charge is -2.00. The number of carbonyl (C=O) groups excluding carboxylic acids is 1. The first kappa shape index (κ1) is 10.2. The number of Topliss-reactive ketones (excluding diaryl/α,β-unsaturated/α-hetero) is 1. The average molecular weight is 199 g/mol. The summed E-state index contributed by atoms with van der Waals surface area (Å²) < 4.78 is 13.1. The van der Waals surface area contributed by atoms with Crippen LogP contribution in [0.1, 0.15) is 23.7 Å². The number of carbonyl (C=O) groups is 1. The van der Waals surface area contributed by atoms with E-state index in [1.165, 1.54) is 17.8 Å². The van der Waals surface area contributed by atoms with Crippen LogP contribution in [0.2, 0.25) is 0 Å². The first-order valence-electron chi connectivity index (χ1n) is 3.92. The topological polar surface area (TPSA) is 30.0 Å². The van der Waals surface area contributed by atoms with Gasteiger partial charge in [-0.2, -0.15) is 4.39 Å². The van der Waals surface area contributed by atoms with Crippen LogP contribution in [0.4, 0.5) is 4.39 Å². The van der Waals surface area contributed by atoms with E-state index in [4.69, 9.17) is 0 Å². The van der Waals surface area contributed by atoms with E-state index in [-0.39, 0.29) is 11.3 Å². The Hall–Kier alpha value is -0.900. The summed E-state index contributed by atoms with van der Waals surface area (Å²) in [5, 5.41) is 0.588. The van der Waals surface area contributed by atoms with Gasteiger partial charge in [-0.25, -0.2) is 4.98 Å². The maximum absolute atomic E-state index is 13.1. The Morgan fingerprint density at radius 3 is 2.77 bits per heavy atom. The Labute approximate surface area is 80.6 Å². The van der Waals surface area contributed by atoms with Crippen molar-refractivity contribution < 1.29 is 9.18 Å². The van der Waals surface area contributed by atoms with E-state index >= 15 is 0 Å². The quantitative estimate of drug-likeness (QED) is 0.425. The summed E-state index contributed by atoms with van der Waals surface area (Å²) in [6.45, 7) is 1.70. The van der Waals surface area contributed by atoms with Crippen molar-refractivity contribution in [2.24, 2.45) is 0 Å². The number of ketones is 1. The molecule has 0 unspecified atom stereocenters. The van der Waals surface area contributed by atoms with Gasteiger partial charge in [-0.15, -0.1) is 11.8 Å². The van der Waals surface area contributed by atoms with Gasteiger partial charge in [-0.05, 0) is 18.4 Å². The first-order valence-corrected chi connectivity index (χ1v) is 5.15. The van der Waals surface area contributed by atoms with Gasteiger partial charge in [-0.1, -0.05) is 6.92 Å². The molecular weight excluding hydrogens is 189 g/mol. The molecule has 0 amide bonds. The number of rotatable bonds is 3. The zero-order valence-electron chi connectivity index (χ0n) is 7.50. The molecule has 0 aliphatic carbocycles. The maximum Gasteiger partial charge on any atom is 0.224 e. The van der Waals surface area contributed by atoms with Crippen LogP contribution in [0.15, 0.2) is 17.2 Å². The summed E-state index contributed by atoms with van der Waals surface area (Å²) in [5.74, 6) is -0.878. The number of aromatic nitrogens is 1. The standard InChI is InChI=1S/C9H10FNOS/c1-3-7(12)6-4-5-8(13-2)11-9(6)10/h4-5H,3H2,1-2H3. The van der Waals surface area contributed by atoms with Crippen molar-refractivity contribution in [2.75, 3.05) is 6.26 Å². The molecule has 4 heteroatoms. The van der Waals surface area contributed by atoms with E-state index in [0.717, 1.165) is 0 Å². The highest BCUT2D eigenvalue weighted by atomic mass is 32.2. The molecule has 0 saturated carbocycles. The number of pyridine rings is 1. The molecule has 2 nitrogen and oxygen atoms in total. The highest BCUT2D eigenvalue weighted by molar-refractivity contribution is 7.98. The van der Waals surface area contributed by atoms with E-state index in [2.05, 4.69) is 4.98 Å². The van der Waals surface area contributed by atoms with Gasteiger partial charge in [-0.3, -0.25) is 4.79 Å². The third-order valence-electron chi connectivity index (χ3n) is 1.65. The van der Waals surface area contributed by atoms with Crippen molar-refractivity contribution in [3.8, 4) is 0 Å². The first-order chi connectivity index (χ1) is 6.19. The Bertz CT molecular complexity index is 327. The number of hydrogen-bond donors (Lipinski definition) is 0. The zero-order chi connectivity index (χ0) is 9.84. The fourth-order valence-electron chi connectivity index (χ4n) is 0.930. The Morgan fingerprint density at radius 2 is 2.31 bits per heavy atom. The van der Waals surface area contributed by atoms with Gasteiger partial charge in [0.1, 0.15) is 0 Å². The Kier molecular flexibility index (Phi) is 3.42. The molecular formula is C9H10FNOS. The van der Waals surface area contributed by atoms with Crippen LogP contribution in [0.3, 0.4) is 0 Å². The second-order valence-electron chi connectivity index (χ2n) is 2.47. The van der Waals surface area contributed by atoms with Gasteiger partial charge in [0.25, 0.3) is 0 Å². The van der Waals surface area contributed by atoms with Crippen LogP contribution in [0, 0.1) is 5.95 Å². The second kappa shape index (κ2) is 4.37. The van der Waals surface area contributed by atoms with Gasteiger partial charge in [0.15, 0.2) is 5.78 Å². The van der Waals surface area contributed by atoms with E-state index in [0.29, 0.717) is 11.4 Å². The molecule has 1 rings (SSSR count). The molecule has 0 fully saturated rings. The molecule has 1 heterocycles. The van der Waals surface area contributed by atoms with E-state index < -0.39 is 5.95 Å². The molecule has 0 aromatic carbocycles. The molecule has 0 saturated heterocycles. The molecule has 0 aliphatic heterocycles. The number of halogens is 1. The molecule has 1 aromatic rings. The van der Waals surface area contributed by atoms with Gasteiger partial charge >= 0.3 is 0 Å². The predicted octanol–water partition coefficient (Wildman–Crippen LogP) is 2.54. The predicted molar refractivity (Wildman–Crippen MR) is 50.6 cm³/mol. The van der Waals surface area contributed by atoms with Gasteiger partial charge in [0.2, 0.25) is 5.95 Å². The molecule has 0 aliphatic rings. The van der Waals surface area contributed by atoms with E-state index in [9.17, 15) is 9.18 Å². The van der Waals surface area contributed by atoms with Crippen LogP contribution in [-0.2, 0) is 0 Å². The van der Waals surface area contributed by atoms with Crippen LogP contribution in [0.5, 0.6) is 0 Å². The minimum atomic E-state index is -0.668. The summed E-state index contributed by atoms with van der Waals surface area (Å²) in [6, 6.07) is 3.14. The van der Waals surface area contributed by atoms with Crippen LogP contribution in [-0.4, -0.2) is 17.0 Å². The highest BCUT2D eigenvalue weighted by Gasteiger charge is 2.10.